The van der Waals surface area contributed by atoms with Gasteiger partial charge in [-0.25, -0.2) is 13.4 Å². The summed E-state index contributed by atoms with van der Waals surface area (Å²) >= 11 is 1.78. The molecule has 0 radical (unpaired) electrons. The van der Waals surface area contributed by atoms with Crippen LogP contribution in [0, 0.1) is 0 Å². The minimum Gasteiger partial charge on any atom is -0.297 e. The van der Waals surface area contributed by atoms with E-state index in [1.165, 1.54) is 37.1 Å². The first-order chi connectivity index (χ1) is 10.0. The molecule has 2 fully saturated rings. The molecule has 0 unspecified atom stereocenters. The lowest BCUT2D eigenvalue weighted by Crippen LogP contribution is -2.32. The van der Waals surface area contributed by atoms with Crippen LogP contribution in [0.2, 0.25) is 0 Å². The molecule has 6 heteroatoms. The summed E-state index contributed by atoms with van der Waals surface area (Å²) in [5.41, 5.74) is 1.10. The molecule has 4 nitrogen and oxygen atoms in total. The number of sulfone groups is 1. The third kappa shape index (κ3) is 3.85. The Hall–Kier alpha value is -0.460. The van der Waals surface area contributed by atoms with Gasteiger partial charge in [-0.15, -0.1) is 11.3 Å². The van der Waals surface area contributed by atoms with Crippen LogP contribution in [0.15, 0.2) is 5.38 Å². The van der Waals surface area contributed by atoms with E-state index in [-0.39, 0.29) is 6.04 Å². The number of thiazole rings is 1. The molecule has 1 aromatic rings. The maximum Gasteiger partial charge on any atom is 0.151 e. The van der Waals surface area contributed by atoms with E-state index in [0.717, 1.165) is 18.7 Å². The molecule has 0 amide bonds. The first kappa shape index (κ1) is 15.4. The van der Waals surface area contributed by atoms with E-state index in [9.17, 15) is 8.42 Å². The number of hydrogen-bond acceptors (Lipinski definition) is 5. The Kier molecular flexibility index (Phi) is 4.66. The van der Waals surface area contributed by atoms with Crippen molar-refractivity contribution in [2.24, 2.45) is 0 Å². The summed E-state index contributed by atoms with van der Waals surface area (Å²) in [7, 11) is -0.785. The first-order valence-corrected chi connectivity index (χ1v) is 10.6. The largest absolute Gasteiger partial charge is 0.297 e. The third-order valence-corrected chi connectivity index (χ3v) is 7.57. The Morgan fingerprint density at radius 3 is 2.71 bits per heavy atom. The number of hydrogen-bond donors (Lipinski definition) is 0. The third-order valence-electron chi connectivity index (χ3n) is 4.77. The minimum atomic E-state index is -2.80. The van der Waals surface area contributed by atoms with Crippen molar-refractivity contribution in [1.29, 1.82) is 0 Å². The average molecular weight is 329 g/mol. The van der Waals surface area contributed by atoms with Gasteiger partial charge in [0.05, 0.1) is 22.2 Å². The molecule has 0 aromatic carbocycles. The summed E-state index contributed by atoms with van der Waals surface area (Å²) in [4.78, 5) is 6.97. The second-order valence-corrected chi connectivity index (χ2v) is 9.60. The predicted molar refractivity (Wildman–Crippen MR) is 86.5 cm³/mol. The lowest BCUT2D eigenvalue weighted by molar-refractivity contribution is 0.251. The fourth-order valence-corrected chi connectivity index (χ4v) is 6.23. The monoisotopic (exact) mass is 328 g/mol. The van der Waals surface area contributed by atoms with E-state index in [1.54, 1.807) is 11.3 Å². The quantitative estimate of drug-likeness (QED) is 0.853. The van der Waals surface area contributed by atoms with Gasteiger partial charge in [-0.1, -0.05) is 19.3 Å². The molecular formula is C15H24N2O2S2. The molecule has 2 heterocycles. The number of aromatic nitrogens is 1. The minimum absolute atomic E-state index is 0.162. The summed E-state index contributed by atoms with van der Waals surface area (Å²) in [6, 6.07) is 0.162. The van der Waals surface area contributed by atoms with Crippen LogP contribution in [-0.4, -0.2) is 42.9 Å². The van der Waals surface area contributed by atoms with Gasteiger partial charge in [-0.3, -0.25) is 4.90 Å². The van der Waals surface area contributed by atoms with Gasteiger partial charge < -0.3 is 0 Å². The van der Waals surface area contributed by atoms with Crippen LogP contribution in [0.3, 0.4) is 0 Å². The summed E-state index contributed by atoms with van der Waals surface area (Å²) in [5, 5.41) is 3.45. The molecular weight excluding hydrogens is 304 g/mol. The Morgan fingerprint density at radius 1 is 1.29 bits per heavy atom. The normalized spacial score (nSPS) is 26.5. The predicted octanol–water partition coefficient (Wildman–Crippen LogP) is 2.81. The van der Waals surface area contributed by atoms with Crippen molar-refractivity contribution in [2.45, 2.75) is 57.0 Å². The van der Waals surface area contributed by atoms with Gasteiger partial charge in [-0.05, 0) is 26.3 Å². The van der Waals surface area contributed by atoms with Crippen molar-refractivity contribution in [2.75, 3.05) is 18.6 Å². The summed E-state index contributed by atoms with van der Waals surface area (Å²) in [6.45, 7) is 0.767. The van der Waals surface area contributed by atoms with Crippen LogP contribution in [0.25, 0.3) is 0 Å². The second-order valence-electron chi connectivity index (χ2n) is 6.48. The lowest BCUT2D eigenvalue weighted by Gasteiger charge is -2.22. The zero-order valence-electron chi connectivity index (χ0n) is 12.6. The fourth-order valence-electron chi connectivity index (χ4n) is 3.44. The topological polar surface area (TPSA) is 50.3 Å². The van der Waals surface area contributed by atoms with Crippen molar-refractivity contribution < 1.29 is 8.42 Å². The highest BCUT2D eigenvalue weighted by molar-refractivity contribution is 7.91. The van der Waals surface area contributed by atoms with Gasteiger partial charge in [0.25, 0.3) is 0 Å². The van der Waals surface area contributed by atoms with Crippen LogP contribution in [0.5, 0.6) is 0 Å². The van der Waals surface area contributed by atoms with E-state index in [2.05, 4.69) is 10.3 Å². The SMILES string of the molecule is CN(Cc1csc(C2CCCCC2)n1)[C@H]1CCS(=O)(=O)C1. The average Bonchev–Trinajstić information content (AvgIpc) is 3.06. The maximum atomic E-state index is 11.6. The molecule has 118 valence electrons. The van der Waals surface area contributed by atoms with Crippen LogP contribution < -0.4 is 0 Å². The molecule has 1 aliphatic carbocycles. The van der Waals surface area contributed by atoms with Gasteiger partial charge in [0.15, 0.2) is 9.84 Å². The molecule has 1 aliphatic heterocycles. The molecule has 1 atom stereocenters. The van der Waals surface area contributed by atoms with Crippen LogP contribution in [0.1, 0.15) is 55.1 Å². The van der Waals surface area contributed by atoms with Gasteiger partial charge in [0, 0.05) is 23.9 Å². The highest BCUT2D eigenvalue weighted by Crippen LogP contribution is 2.34. The smallest absolute Gasteiger partial charge is 0.151 e. The van der Waals surface area contributed by atoms with Crippen molar-refractivity contribution >= 4 is 21.2 Å². The van der Waals surface area contributed by atoms with E-state index < -0.39 is 9.84 Å². The molecule has 0 N–H and O–H groups in total. The van der Waals surface area contributed by atoms with Gasteiger partial charge >= 0.3 is 0 Å². The van der Waals surface area contributed by atoms with Crippen molar-refractivity contribution in [3.05, 3.63) is 16.1 Å². The highest BCUT2D eigenvalue weighted by Gasteiger charge is 2.30. The Morgan fingerprint density at radius 2 is 2.05 bits per heavy atom. The fraction of sp³-hybridized carbons (Fsp3) is 0.800. The summed E-state index contributed by atoms with van der Waals surface area (Å²) in [6.07, 6.45) is 7.36. The molecule has 1 aromatic heterocycles. The molecule has 1 saturated heterocycles. The Bertz CT molecular complexity index is 576. The standard InChI is InChI=1S/C15H24N2O2S2/c1-17(14-7-8-21(18,19)11-14)9-13-10-20-15(16-13)12-5-3-2-4-6-12/h10,12,14H,2-9,11H2,1H3/t14-/m0/s1. The van der Waals surface area contributed by atoms with Crippen LogP contribution in [-0.2, 0) is 16.4 Å². The maximum absolute atomic E-state index is 11.6. The second kappa shape index (κ2) is 6.34. The molecule has 0 bridgehead atoms. The summed E-state index contributed by atoms with van der Waals surface area (Å²) < 4.78 is 23.1. The molecule has 21 heavy (non-hydrogen) atoms. The number of rotatable bonds is 4. The zero-order valence-corrected chi connectivity index (χ0v) is 14.3. The Labute approximate surface area is 131 Å². The van der Waals surface area contributed by atoms with Crippen molar-refractivity contribution in [1.82, 2.24) is 9.88 Å². The lowest BCUT2D eigenvalue weighted by atomic mass is 9.90. The zero-order chi connectivity index (χ0) is 14.9. The molecule has 2 aliphatic rings. The molecule has 3 rings (SSSR count). The van der Waals surface area contributed by atoms with Crippen molar-refractivity contribution in [3.63, 3.8) is 0 Å². The molecule has 0 spiro atoms. The van der Waals surface area contributed by atoms with Crippen LogP contribution in [0.4, 0.5) is 0 Å². The summed E-state index contributed by atoms with van der Waals surface area (Å²) in [5.74, 6) is 1.31. The van der Waals surface area contributed by atoms with Crippen molar-refractivity contribution in [3.8, 4) is 0 Å². The van der Waals surface area contributed by atoms with E-state index >= 15 is 0 Å². The van der Waals surface area contributed by atoms with E-state index in [0.29, 0.717) is 17.4 Å². The molecule has 1 saturated carbocycles. The Balaban J connectivity index is 1.59. The van der Waals surface area contributed by atoms with Gasteiger partial charge in [0.1, 0.15) is 0 Å². The number of nitrogens with zero attached hydrogens (tertiary/aromatic N) is 2. The van der Waals surface area contributed by atoms with Gasteiger partial charge in [0.2, 0.25) is 0 Å². The first-order valence-electron chi connectivity index (χ1n) is 7.88. The van der Waals surface area contributed by atoms with E-state index in [4.69, 9.17) is 4.98 Å². The van der Waals surface area contributed by atoms with E-state index in [1.807, 2.05) is 7.05 Å². The van der Waals surface area contributed by atoms with Gasteiger partial charge in [-0.2, -0.15) is 0 Å². The highest BCUT2D eigenvalue weighted by atomic mass is 32.2. The van der Waals surface area contributed by atoms with Crippen LogP contribution >= 0.6 is 11.3 Å².